The Balaban J connectivity index is 2.69. The quantitative estimate of drug-likeness (QED) is 0.673. The highest BCUT2D eigenvalue weighted by molar-refractivity contribution is 7.89. The standard InChI is InChI=1S/C11H20N2O6S/c1-3-13(4-2)20(17,18)8-10(14)12-5-6-19-9(7-12)11(15)16/h9H,3-8H2,1-2H3,(H,15,16)/t9-/m1/s1. The molecule has 0 spiro atoms. The van der Waals surface area contributed by atoms with E-state index in [1.54, 1.807) is 13.8 Å². The lowest BCUT2D eigenvalue weighted by atomic mass is 10.3. The van der Waals surface area contributed by atoms with Crippen molar-refractivity contribution in [1.29, 1.82) is 0 Å². The molecule has 20 heavy (non-hydrogen) atoms. The van der Waals surface area contributed by atoms with Crippen molar-refractivity contribution in [3.8, 4) is 0 Å². The number of hydrogen-bond donors (Lipinski definition) is 1. The van der Waals surface area contributed by atoms with E-state index in [4.69, 9.17) is 9.84 Å². The van der Waals surface area contributed by atoms with E-state index in [0.29, 0.717) is 13.1 Å². The van der Waals surface area contributed by atoms with Crippen molar-refractivity contribution in [3.05, 3.63) is 0 Å². The van der Waals surface area contributed by atoms with Gasteiger partial charge in [-0.15, -0.1) is 0 Å². The van der Waals surface area contributed by atoms with Crippen LogP contribution in [-0.2, 0) is 24.3 Å². The molecule has 116 valence electrons. The van der Waals surface area contributed by atoms with Gasteiger partial charge in [-0.25, -0.2) is 17.5 Å². The van der Waals surface area contributed by atoms with Crippen molar-refractivity contribution in [2.45, 2.75) is 20.0 Å². The van der Waals surface area contributed by atoms with Crippen molar-refractivity contribution in [3.63, 3.8) is 0 Å². The number of aliphatic carboxylic acids is 1. The highest BCUT2D eigenvalue weighted by Crippen LogP contribution is 2.08. The van der Waals surface area contributed by atoms with Crippen LogP contribution in [0.15, 0.2) is 0 Å². The Morgan fingerprint density at radius 3 is 2.45 bits per heavy atom. The number of carboxylic acids is 1. The zero-order valence-corrected chi connectivity index (χ0v) is 12.4. The zero-order chi connectivity index (χ0) is 15.3. The molecule has 0 aromatic carbocycles. The number of hydrogen-bond acceptors (Lipinski definition) is 5. The molecular weight excluding hydrogens is 288 g/mol. The summed E-state index contributed by atoms with van der Waals surface area (Å²) in [6, 6.07) is 0. The van der Waals surface area contributed by atoms with Gasteiger partial charge in [0.25, 0.3) is 0 Å². The molecule has 0 unspecified atom stereocenters. The fraction of sp³-hybridized carbons (Fsp3) is 0.818. The molecule has 1 N–H and O–H groups in total. The Morgan fingerprint density at radius 2 is 1.95 bits per heavy atom. The van der Waals surface area contributed by atoms with Crippen LogP contribution in [0.2, 0.25) is 0 Å². The van der Waals surface area contributed by atoms with Crippen molar-refractivity contribution in [1.82, 2.24) is 9.21 Å². The number of amides is 1. The first-order valence-electron chi connectivity index (χ1n) is 6.41. The highest BCUT2D eigenvalue weighted by atomic mass is 32.2. The van der Waals surface area contributed by atoms with Gasteiger partial charge in [0.1, 0.15) is 5.75 Å². The molecule has 0 bridgehead atoms. The maximum absolute atomic E-state index is 12.0. The van der Waals surface area contributed by atoms with Gasteiger partial charge in [-0.1, -0.05) is 13.8 Å². The molecule has 1 aliphatic heterocycles. The molecule has 8 nitrogen and oxygen atoms in total. The van der Waals surface area contributed by atoms with Crippen LogP contribution in [0.4, 0.5) is 0 Å². The van der Waals surface area contributed by atoms with Gasteiger partial charge in [0, 0.05) is 19.6 Å². The van der Waals surface area contributed by atoms with Crippen LogP contribution in [0.1, 0.15) is 13.8 Å². The van der Waals surface area contributed by atoms with Gasteiger partial charge in [0.2, 0.25) is 15.9 Å². The van der Waals surface area contributed by atoms with E-state index in [-0.39, 0.29) is 19.7 Å². The lowest BCUT2D eigenvalue weighted by Crippen LogP contribution is -2.51. The normalized spacial score (nSPS) is 20.1. The van der Waals surface area contributed by atoms with Gasteiger partial charge in [-0.2, -0.15) is 0 Å². The van der Waals surface area contributed by atoms with Gasteiger partial charge in [0.15, 0.2) is 6.10 Å². The summed E-state index contributed by atoms with van der Waals surface area (Å²) in [4.78, 5) is 24.0. The fourth-order valence-corrected chi connectivity index (χ4v) is 3.44. The van der Waals surface area contributed by atoms with E-state index in [9.17, 15) is 18.0 Å². The number of nitrogens with zero attached hydrogens (tertiary/aromatic N) is 2. The number of rotatable bonds is 6. The third kappa shape index (κ3) is 4.15. The molecule has 1 rings (SSSR count). The monoisotopic (exact) mass is 308 g/mol. The Bertz CT molecular complexity index is 460. The number of carboxylic acid groups (broad SMARTS) is 1. The fourth-order valence-electron chi connectivity index (χ4n) is 1.98. The SMILES string of the molecule is CCN(CC)S(=O)(=O)CC(=O)N1CCO[C@@H](C(=O)O)C1. The molecule has 0 aromatic rings. The summed E-state index contributed by atoms with van der Waals surface area (Å²) in [6.07, 6.45) is -1.09. The summed E-state index contributed by atoms with van der Waals surface area (Å²) in [6.45, 7) is 4.16. The first-order valence-corrected chi connectivity index (χ1v) is 8.02. The predicted octanol–water partition coefficient (Wildman–Crippen LogP) is -1.03. The van der Waals surface area contributed by atoms with Gasteiger partial charge < -0.3 is 14.7 Å². The van der Waals surface area contributed by atoms with Crippen molar-refractivity contribution >= 4 is 21.9 Å². The van der Waals surface area contributed by atoms with Crippen molar-refractivity contribution in [2.75, 3.05) is 38.5 Å². The summed E-state index contributed by atoms with van der Waals surface area (Å²) in [5, 5.41) is 8.85. The molecule has 1 heterocycles. The highest BCUT2D eigenvalue weighted by Gasteiger charge is 2.32. The Morgan fingerprint density at radius 1 is 1.35 bits per heavy atom. The number of carbonyl (C=O) groups excluding carboxylic acids is 1. The maximum Gasteiger partial charge on any atom is 0.334 e. The second-order valence-electron chi connectivity index (χ2n) is 4.38. The second kappa shape index (κ2) is 7.00. The smallest absolute Gasteiger partial charge is 0.334 e. The minimum atomic E-state index is -3.65. The van der Waals surface area contributed by atoms with E-state index in [2.05, 4.69) is 0 Å². The minimum Gasteiger partial charge on any atom is -0.479 e. The van der Waals surface area contributed by atoms with E-state index in [1.165, 1.54) is 9.21 Å². The molecule has 1 fully saturated rings. The van der Waals surface area contributed by atoms with Crippen LogP contribution in [0.5, 0.6) is 0 Å². The minimum absolute atomic E-state index is 0.0913. The third-order valence-corrected chi connectivity index (χ3v) is 5.01. The number of carbonyl (C=O) groups is 2. The average molecular weight is 308 g/mol. The van der Waals surface area contributed by atoms with Crippen LogP contribution in [0, 0.1) is 0 Å². The third-order valence-electron chi connectivity index (χ3n) is 3.10. The predicted molar refractivity (Wildman–Crippen MR) is 70.7 cm³/mol. The topological polar surface area (TPSA) is 104 Å². The van der Waals surface area contributed by atoms with Gasteiger partial charge in [-0.3, -0.25) is 4.79 Å². The summed E-state index contributed by atoms with van der Waals surface area (Å²) in [5.41, 5.74) is 0. The van der Waals surface area contributed by atoms with Crippen molar-refractivity contribution < 1.29 is 27.9 Å². The Kier molecular flexibility index (Phi) is 5.90. The lowest BCUT2D eigenvalue weighted by Gasteiger charge is -2.31. The Labute approximate surface area is 118 Å². The van der Waals surface area contributed by atoms with Crippen molar-refractivity contribution in [2.24, 2.45) is 0 Å². The summed E-state index contributed by atoms with van der Waals surface area (Å²) in [7, 11) is -3.65. The molecular formula is C11H20N2O6S. The van der Waals surface area contributed by atoms with E-state index in [1.807, 2.05) is 0 Å². The van der Waals surface area contributed by atoms with E-state index >= 15 is 0 Å². The van der Waals surface area contributed by atoms with Gasteiger partial charge in [-0.05, 0) is 0 Å². The largest absolute Gasteiger partial charge is 0.479 e. The van der Waals surface area contributed by atoms with Crippen LogP contribution in [0.25, 0.3) is 0 Å². The molecule has 0 saturated carbocycles. The maximum atomic E-state index is 12.0. The summed E-state index contributed by atoms with van der Waals surface area (Å²) < 4.78 is 30.2. The molecule has 0 aromatic heterocycles. The van der Waals surface area contributed by atoms with E-state index in [0.717, 1.165) is 0 Å². The molecule has 0 radical (unpaired) electrons. The average Bonchev–Trinajstić information content (AvgIpc) is 2.39. The van der Waals surface area contributed by atoms with Crippen LogP contribution < -0.4 is 0 Å². The van der Waals surface area contributed by atoms with Crippen LogP contribution in [-0.4, -0.2) is 79.2 Å². The van der Waals surface area contributed by atoms with Gasteiger partial charge in [0.05, 0.1) is 13.2 Å². The number of ether oxygens (including phenoxy) is 1. The first-order chi connectivity index (χ1) is 9.31. The molecule has 0 aliphatic carbocycles. The zero-order valence-electron chi connectivity index (χ0n) is 11.6. The first kappa shape index (κ1) is 16.9. The van der Waals surface area contributed by atoms with Gasteiger partial charge >= 0.3 is 5.97 Å². The Hall–Kier alpha value is -1.19. The van der Waals surface area contributed by atoms with Crippen LogP contribution in [0.3, 0.4) is 0 Å². The lowest BCUT2D eigenvalue weighted by molar-refractivity contribution is -0.158. The summed E-state index contributed by atoms with van der Waals surface area (Å²) in [5.74, 6) is -2.39. The molecule has 1 atom stereocenters. The molecule has 1 amide bonds. The molecule has 1 saturated heterocycles. The number of sulfonamides is 1. The molecule has 9 heteroatoms. The second-order valence-corrected chi connectivity index (χ2v) is 6.35. The number of morpholine rings is 1. The summed E-state index contributed by atoms with van der Waals surface area (Å²) >= 11 is 0. The molecule has 1 aliphatic rings. The van der Waals surface area contributed by atoms with Crippen LogP contribution >= 0.6 is 0 Å². The van der Waals surface area contributed by atoms with E-state index < -0.39 is 33.8 Å².